The highest BCUT2D eigenvalue weighted by atomic mass is 32.2. The van der Waals surface area contributed by atoms with E-state index in [1.807, 2.05) is 6.26 Å². The first-order valence-corrected chi connectivity index (χ1v) is 8.41. The molecule has 0 bridgehead atoms. The Hall–Kier alpha value is -1.47. The van der Waals surface area contributed by atoms with Crippen LogP contribution in [0.4, 0.5) is 5.13 Å². The highest BCUT2D eigenvalue weighted by Gasteiger charge is 2.14. The highest BCUT2D eigenvalue weighted by molar-refractivity contribution is 7.98. The lowest BCUT2D eigenvalue weighted by molar-refractivity contribution is 0.102. The molecule has 0 aromatic carbocycles. The van der Waals surface area contributed by atoms with Crippen molar-refractivity contribution in [1.82, 2.24) is 15.2 Å². The lowest BCUT2D eigenvalue weighted by Crippen LogP contribution is -2.13. The van der Waals surface area contributed by atoms with Crippen LogP contribution in [0.25, 0.3) is 0 Å². The van der Waals surface area contributed by atoms with Crippen molar-refractivity contribution in [3.63, 3.8) is 0 Å². The van der Waals surface area contributed by atoms with Gasteiger partial charge >= 0.3 is 0 Å². The fourth-order valence-corrected chi connectivity index (χ4v) is 2.95. The number of hydrogen-bond acceptors (Lipinski definition) is 6. The van der Waals surface area contributed by atoms with Crippen LogP contribution in [0.3, 0.4) is 0 Å². The molecule has 7 heteroatoms. The predicted molar refractivity (Wildman–Crippen MR) is 82.5 cm³/mol. The molecular formula is C13H16N4OS2. The SMILES string of the molecule is CCCCc1nnc(NC(=O)c2cccnc2SC)s1. The summed E-state index contributed by atoms with van der Waals surface area (Å²) in [5.74, 6) is -0.194. The molecule has 0 aliphatic heterocycles. The number of carbonyl (C=O) groups is 1. The van der Waals surface area contributed by atoms with Gasteiger partial charge in [-0.2, -0.15) is 0 Å². The summed E-state index contributed by atoms with van der Waals surface area (Å²) in [6.07, 6.45) is 6.69. The molecule has 0 atom stereocenters. The number of carbonyl (C=O) groups excluding carboxylic acids is 1. The Kier molecular flexibility index (Phi) is 5.49. The molecule has 0 unspecified atom stereocenters. The molecule has 2 heterocycles. The molecule has 0 saturated heterocycles. The van der Waals surface area contributed by atoms with Gasteiger partial charge in [0, 0.05) is 12.6 Å². The Labute approximate surface area is 126 Å². The molecule has 106 valence electrons. The van der Waals surface area contributed by atoms with Gasteiger partial charge in [-0.05, 0) is 24.8 Å². The summed E-state index contributed by atoms with van der Waals surface area (Å²) in [6.45, 7) is 2.13. The first kappa shape index (κ1) is 14.9. The van der Waals surface area contributed by atoms with Crippen molar-refractivity contribution in [3.8, 4) is 0 Å². The molecule has 5 nitrogen and oxygen atoms in total. The zero-order valence-electron chi connectivity index (χ0n) is 11.4. The minimum absolute atomic E-state index is 0.194. The number of unbranched alkanes of at least 4 members (excludes halogenated alkanes) is 1. The van der Waals surface area contributed by atoms with Gasteiger partial charge in [0.05, 0.1) is 5.56 Å². The van der Waals surface area contributed by atoms with E-state index < -0.39 is 0 Å². The quantitative estimate of drug-likeness (QED) is 0.830. The van der Waals surface area contributed by atoms with Gasteiger partial charge in [-0.15, -0.1) is 22.0 Å². The van der Waals surface area contributed by atoms with E-state index in [0.717, 1.165) is 24.3 Å². The number of hydrogen-bond donors (Lipinski definition) is 1. The summed E-state index contributed by atoms with van der Waals surface area (Å²) in [5, 5.41) is 13.1. The lowest BCUT2D eigenvalue weighted by atomic mass is 10.3. The van der Waals surface area contributed by atoms with E-state index in [2.05, 4.69) is 27.4 Å². The molecule has 0 saturated carbocycles. The smallest absolute Gasteiger partial charge is 0.260 e. The number of anilines is 1. The first-order valence-electron chi connectivity index (χ1n) is 6.37. The van der Waals surface area contributed by atoms with Crippen molar-refractivity contribution < 1.29 is 4.79 Å². The molecule has 0 radical (unpaired) electrons. The van der Waals surface area contributed by atoms with E-state index in [4.69, 9.17) is 0 Å². The summed E-state index contributed by atoms with van der Waals surface area (Å²) in [7, 11) is 0. The fourth-order valence-electron chi connectivity index (χ4n) is 1.62. The third kappa shape index (κ3) is 3.77. The largest absolute Gasteiger partial charge is 0.296 e. The van der Waals surface area contributed by atoms with Crippen LogP contribution in [0, 0.1) is 0 Å². The summed E-state index contributed by atoms with van der Waals surface area (Å²) < 4.78 is 0. The molecule has 2 rings (SSSR count). The lowest BCUT2D eigenvalue weighted by Gasteiger charge is -2.04. The van der Waals surface area contributed by atoms with E-state index in [1.54, 1.807) is 18.3 Å². The van der Waals surface area contributed by atoms with Crippen LogP contribution in [-0.2, 0) is 6.42 Å². The zero-order chi connectivity index (χ0) is 14.4. The average molecular weight is 308 g/mol. The summed E-state index contributed by atoms with van der Waals surface area (Å²) in [5.41, 5.74) is 0.560. The molecule has 2 aromatic rings. The van der Waals surface area contributed by atoms with Crippen LogP contribution in [0.15, 0.2) is 23.4 Å². The van der Waals surface area contributed by atoms with Crippen LogP contribution in [-0.4, -0.2) is 27.3 Å². The Morgan fingerprint density at radius 1 is 1.45 bits per heavy atom. The van der Waals surface area contributed by atoms with Crippen molar-refractivity contribution in [3.05, 3.63) is 28.9 Å². The van der Waals surface area contributed by atoms with Crippen LogP contribution >= 0.6 is 23.1 Å². The Balaban J connectivity index is 2.05. The predicted octanol–water partition coefficient (Wildman–Crippen LogP) is 3.25. The van der Waals surface area contributed by atoms with Crippen LogP contribution < -0.4 is 5.32 Å². The van der Waals surface area contributed by atoms with Gasteiger partial charge in [-0.1, -0.05) is 24.7 Å². The molecule has 1 amide bonds. The molecule has 20 heavy (non-hydrogen) atoms. The molecule has 2 aromatic heterocycles. The van der Waals surface area contributed by atoms with E-state index in [9.17, 15) is 4.79 Å². The number of rotatable bonds is 6. The Morgan fingerprint density at radius 2 is 2.30 bits per heavy atom. The number of aromatic nitrogens is 3. The van der Waals surface area contributed by atoms with Gasteiger partial charge in [-0.3, -0.25) is 10.1 Å². The Morgan fingerprint density at radius 3 is 3.05 bits per heavy atom. The van der Waals surface area contributed by atoms with Crippen molar-refractivity contribution in [1.29, 1.82) is 0 Å². The normalized spacial score (nSPS) is 10.5. The second kappa shape index (κ2) is 7.35. The van der Waals surface area contributed by atoms with Gasteiger partial charge in [0.25, 0.3) is 5.91 Å². The molecule has 0 aliphatic carbocycles. The molecule has 0 spiro atoms. The number of thioether (sulfide) groups is 1. The third-order valence-electron chi connectivity index (χ3n) is 2.64. The van der Waals surface area contributed by atoms with Gasteiger partial charge in [0.1, 0.15) is 10.0 Å². The second-order valence-corrected chi connectivity index (χ2v) is 5.98. The molecule has 0 fully saturated rings. The van der Waals surface area contributed by atoms with Gasteiger partial charge in [0.15, 0.2) is 0 Å². The standard InChI is InChI=1S/C13H16N4OS2/c1-3-4-7-10-16-17-13(20-10)15-11(18)9-6-5-8-14-12(9)19-2/h5-6,8H,3-4,7H2,1-2H3,(H,15,17,18). The third-order valence-corrected chi connectivity index (χ3v) is 4.25. The maximum atomic E-state index is 12.2. The van der Waals surface area contributed by atoms with Gasteiger partial charge in [0.2, 0.25) is 5.13 Å². The maximum absolute atomic E-state index is 12.2. The van der Waals surface area contributed by atoms with Crippen LogP contribution in [0.1, 0.15) is 35.1 Å². The van der Waals surface area contributed by atoms with E-state index >= 15 is 0 Å². The van der Waals surface area contributed by atoms with E-state index in [1.165, 1.54) is 23.1 Å². The fraction of sp³-hybridized carbons (Fsp3) is 0.385. The summed E-state index contributed by atoms with van der Waals surface area (Å²) in [4.78, 5) is 16.4. The van der Waals surface area contributed by atoms with Crippen molar-refractivity contribution in [2.45, 2.75) is 31.2 Å². The number of nitrogens with one attached hydrogen (secondary N) is 1. The number of nitrogens with zero attached hydrogens (tertiary/aromatic N) is 3. The van der Waals surface area contributed by atoms with E-state index in [-0.39, 0.29) is 5.91 Å². The van der Waals surface area contributed by atoms with Gasteiger partial charge in [-0.25, -0.2) is 4.98 Å². The molecular weight excluding hydrogens is 292 g/mol. The number of amides is 1. The van der Waals surface area contributed by atoms with E-state index in [0.29, 0.717) is 15.7 Å². The number of aryl methyl sites for hydroxylation is 1. The minimum Gasteiger partial charge on any atom is -0.296 e. The maximum Gasteiger partial charge on any atom is 0.260 e. The zero-order valence-corrected chi connectivity index (χ0v) is 13.1. The summed E-state index contributed by atoms with van der Waals surface area (Å²) in [6, 6.07) is 3.51. The molecule has 1 N–H and O–H groups in total. The van der Waals surface area contributed by atoms with Crippen molar-refractivity contribution >= 4 is 34.1 Å². The highest BCUT2D eigenvalue weighted by Crippen LogP contribution is 2.21. The monoisotopic (exact) mass is 308 g/mol. The van der Waals surface area contributed by atoms with Crippen LogP contribution in [0.2, 0.25) is 0 Å². The topological polar surface area (TPSA) is 67.8 Å². The minimum atomic E-state index is -0.194. The average Bonchev–Trinajstić information content (AvgIpc) is 2.92. The summed E-state index contributed by atoms with van der Waals surface area (Å²) >= 11 is 2.87. The Bertz CT molecular complexity index is 585. The number of pyridine rings is 1. The first-order chi connectivity index (χ1) is 9.74. The van der Waals surface area contributed by atoms with Crippen molar-refractivity contribution in [2.75, 3.05) is 11.6 Å². The molecule has 0 aliphatic rings. The second-order valence-electron chi connectivity index (χ2n) is 4.12. The van der Waals surface area contributed by atoms with Gasteiger partial charge < -0.3 is 0 Å². The van der Waals surface area contributed by atoms with Crippen LogP contribution in [0.5, 0.6) is 0 Å². The van der Waals surface area contributed by atoms with Crippen molar-refractivity contribution in [2.24, 2.45) is 0 Å².